The molecule has 1 aliphatic carbocycles. The first-order valence-corrected chi connectivity index (χ1v) is 9.13. The molecule has 2 aromatic carbocycles. The fourth-order valence-corrected chi connectivity index (χ4v) is 2.94. The molecule has 26 heavy (non-hydrogen) atoms. The van der Waals surface area contributed by atoms with Gasteiger partial charge >= 0.3 is 0 Å². The average Bonchev–Trinajstić information content (AvgIpc) is 3.45. The second-order valence-electron chi connectivity index (χ2n) is 6.44. The van der Waals surface area contributed by atoms with Crippen molar-refractivity contribution in [2.24, 2.45) is 0 Å². The third-order valence-electron chi connectivity index (χ3n) is 4.28. The summed E-state index contributed by atoms with van der Waals surface area (Å²) in [5, 5.41) is 7.80. The van der Waals surface area contributed by atoms with Gasteiger partial charge in [0, 0.05) is 35.0 Å². The van der Waals surface area contributed by atoms with Crippen LogP contribution in [-0.4, -0.2) is 28.5 Å². The Balaban J connectivity index is 1.60. The molecule has 1 aromatic heterocycles. The van der Waals surface area contributed by atoms with E-state index < -0.39 is 0 Å². The van der Waals surface area contributed by atoms with Crippen LogP contribution < -0.4 is 10.6 Å². The van der Waals surface area contributed by atoms with Crippen molar-refractivity contribution in [1.29, 1.82) is 0 Å². The van der Waals surface area contributed by atoms with E-state index in [4.69, 9.17) is 11.6 Å². The molecule has 1 fully saturated rings. The van der Waals surface area contributed by atoms with Crippen LogP contribution in [0.15, 0.2) is 48.5 Å². The number of nitrogens with one attached hydrogen (secondary N) is 2. The predicted molar refractivity (Wildman–Crippen MR) is 104 cm³/mol. The molecule has 4 rings (SSSR count). The summed E-state index contributed by atoms with van der Waals surface area (Å²) in [6.07, 6.45) is 2.60. The Morgan fingerprint density at radius 2 is 1.92 bits per heavy atom. The van der Waals surface area contributed by atoms with Crippen LogP contribution in [0, 0.1) is 0 Å². The van der Waals surface area contributed by atoms with E-state index in [1.807, 2.05) is 48.5 Å². The SMILES string of the molecule is O=C(CCNc1nc(-c2ccccc2)nc2cc(Cl)ccc12)NC1CC1. The zero-order chi connectivity index (χ0) is 17.9. The van der Waals surface area contributed by atoms with E-state index in [-0.39, 0.29) is 5.91 Å². The smallest absolute Gasteiger partial charge is 0.221 e. The second-order valence-corrected chi connectivity index (χ2v) is 6.88. The van der Waals surface area contributed by atoms with E-state index in [2.05, 4.69) is 20.6 Å². The standard InChI is InChI=1S/C20H19ClN4O/c21-14-6-9-16-17(12-14)24-19(13-4-2-1-3-5-13)25-20(16)22-11-10-18(26)23-15-7-8-15/h1-6,9,12,15H,7-8,10-11H2,(H,23,26)(H,22,24,25). The van der Waals surface area contributed by atoms with E-state index in [1.165, 1.54) is 0 Å². The van der Waals surface area contributed by atoms with E-state index in [0.717, 1.165) is 29.3 Å². The van der Waals surface area contributed by atoms with Gasteiger partial charge in [0.2, 0.25) is 5.91 Å². The van der Waals surface area contributed by atoms with Crippen LogP contribution in [0.3, 0.4) is 0 Å². The van der Waals surface area contributed by atoms with Crippen LogP contribution in [0.5, 0.6) is 0 Å². The van der Waals surface area contributed by atoms with Crippen LogP contribution in [0.25, 0.3) is 22.3 Å². The summed E-state index contributed by atoms with van der Waals surface area (Å²) >= 11 is 6.14. The molecule has 2 N–H and O–H groups in total. The molecule has 5 nitrogen and oxygen atoms in total. The first-order valence-electron chi connectivity index (χ1n) is 8.75. The molecule has 0 saturated heterocycles. The Labute approximate surface area is 156 Å². The number of fused-ring (bicyclic) bond motifs is 1. The minimum absolute atomic E-state index is 0.0738. The molecule has 0 unspecified atom stereocenters. The quantitative estimate of drug-likeness (QED) is 0.691. The molecule has 132 valence electrons. The molecule has 3 aromatic rings. The Bertz CT molecular complexity index is 941. The highest BCUT2D eigenvalue weighted by Crippen LogP contribution is 2.27. The third-order valence-corrected chi connectivity index (χ3v) is 4.51. The summed E-state index contributed by atoms with van der Waals surface area (Å²) in [5.41, 5.74) is 1.71. The van der Waals surface area contributed by atoms with Crippen LogP contribution in [0.4, 0.5) is 5.82 Å². The van der Waals surface area contributed by atoms with Gasteiger partial charge in [-0.3, -0.25) is 4.79 Å². The summed E-state index contributed by atoms with van der Waals surface area (Å²) in [6.45, 7) is 0.515. The van der Waals surface area contributed by atoms with Crippen LogP contribution in [-0.2, 0) is 4.79 Å². The highest BCUT2D eigenvalue weighted by molar-refractivity contribution is 6.31. The summed E-state index contributed by atoms with van der Waals surface area (Å²) in [6, 6.07) is 15.7. The molecule has 0 radical (unpaired) electrons. The van der Waals surface area contributed by atoms with Gasteiger partial charge < -0.3 is 10.6 Å². The van der Waals surface area contributed by atoms with Gasteiger partial charge in [-0.2, -0.15) is 0 Å². The van der Waals surface area contributed by atoms with Crippen LogP contribution in [0.1, 0.15) is 19.3 Å². The fraction of sp³-hybridized carbons (Fsp3) is 0.250. The second kappa shape index (κ2) is 7.30. The minimum atomic E-state index is 0.0738. The lowest BCUT2D eigenvalue weighted by Crippen LogP contribution is -2.27. The fourth-order valence-electron chi connectivity index (χ4n) is 2.78. The van der Waals surface area contributed by atoms with Gasteiger partial charge in [-0.25, -0.2) is 9.97 Å². The van der Waals surface area contributed by atoms with Gasteiger partial charge in [-0.05, 0) is 31.0 Å². The Hall–Kier alpha value is -2.66. The number of nitrogens with zero attached hydrogens (tertiary/aromatic N) is 2. The van der Waals surface area contributed by atoms with Gasteiger partial charge in [0.15, 0.2) is 5.82 Å². The molecule has 0 atom stereocenters. The van der Waals surface area contributed by atoms with Gasteiger partial charge in [-0.15, -0.1) is 0 Å². The largest absolute Gasteiger partial charge is 0.369 e. The van der Waals surface area contributed by atoms with Crippen molar-refractivity contribution in [2.75, 3.05) is 11.9 Å². The van der Waals surface area contributed by atoms with Crippen molar-refractivity contribution in [3.63, 3.8) is 0 Å². The zero-order valence-electron chi connectivity index (χ0n) is 14.2. The van der Waals surface area contributed by atoms with Crippen molar-refractivity contribution >= 4 is 34.2 Å². The lowest BCUT2D eigenvalue weighted by Gasteiger charge is -2.11. The van der Waals surface area contributed by atoms with Crippen molar-refractivity contribution in [3.8, 4) is 11.4 Å². The number of halogens is 1. The number of carbonyl (C=O) groups is 1. The first-order chi connectivity index (χ1) is 12.7. The summed E-state index contributed by atoms with van der Waals surface area (Å²) in [7, 11) is 0. The van der Waals surface area contributed by atoms with Gasteiger partial charge in [-0.1, -0.05) is 41.9 Å². The van der Waals surface area contributed by atoms with Gasteiger partial charge in [0.25, 0.3) is 0 Å². The number of hydrogen-bond acceptors (Lipinski definition) is 4. The number of benzene rings is 2. The van der Waals surface area contributed by atoms with Crippen molar-refractivity contribution in [3.05, 3.63) is 53.6 Å². The number of aromatic nitrogens is 2. The maximum atomic E-state index is 11.9. The number of amides is 1. The monoisotopic (exact) mass is 366 g/mol. The minimum Gasteiger partial charge on any atom is -0.369 e. The molecule has 0 aliphatic heterocycles. The van der Waals surface area contributed by atoms with E-state index in [1.54, 1.807) is 0 Å². The van der Waals surface area contributed by atoms with Crippen LogP contribution in [0.2, 0.25) is 5.02 Å². The lowest BCUT2D eigenvalue weighted by atomic mass is 10.2. The maximum absolute atomic E-state index is 11.9. The Kier molecular flexibility index (Phi) is 4.71. The summed E-state index contributed by atoms with van der Waals surface area (Å²) < 4.78 is 0. The summed E-state index contributed by atoms with van der Waals surface area (Å²) in [5.74, 6) is 1.42. The number of rotatable bonds is 6. The maximum Gasteiger partial charge on any atom is 0.221 e. The van der Waals surface area contributed by atoms with E-state index in [0.29, 0.717) is 35.7 Å². The molecule has 1 heterocycles. The molecule has 0 bridgehead atoms. The highest BCUT2D eigenvalue weighted by Gasteiger charge is 2.22. The molecular formula is C20H19ClN4O. The molecule has 0 spiro atoms. The molecular weight excluding hydrogens is 348 g/mol. The molecule has 1 amide bonds. The molecule has 6 heteroatoms. The highest BCUT2D eigenvalue weighted by atomic mass is 35.5. The Morgan fingerprint density at radius 1 is 1.12 bits per heavy atom. The Morgan fingerprint density at radius 3 is 2.69 bits per heavy atom. The predicted octanol–water partition coefficient (Wildman–Crippen LogP) is 4.03. The zero-order valence-corrected chi connectivity index (χ0v) is 15.0. The third kappa shape index (κ3) is 3.94. The number of anilines is 1. The molecule has 1 aliphatic rings. The topological polar surface area (TPSA) is 66.9 Å². The number of carbonyl (C=O) groups excluding carboxylic acids is 1. The van der Waals surface area contributed by atoms with Gasteiger partial charge in [0.05, 0.1) is 5.52 Å². The van der Waals surface area contributed by atoms with Crippen molar-refractivity contribution in [2.45, 2.75) is 25.3 Å². The normalized spacial score (nSPS) is 13.6. The van der Waals surface area contributed by atoms with Crippen molar-refractivity contribution < 1.29 is 4.79 Å². The van der Waals surface area contributed by atoms with E-state index in [9.17, 15) is 4.79 Å². The average molecular weight is 367 g/mol. The first kappa shape index (κ1) is 16.8. The van der Waals surface area contributed by atoms with Crippen LogP contribution >= 0.6 is 11.6 Å². The summed E-state index contributed by atoms with van der Waals surface area (Å²) in [4.78, 5) is 21.2. The van der Waals surface area contributed by atoms with Crippen molar-refractivity contribution in [1.82, 2.24) is 15.3 Å². The van der Waals surface area contributed by atoms with Gasteiger partial charge in [0.1, 0.15) is 5.82 Å². The van der Waals surface area contributed by atoms with E-state index >= 15 is 0 Å². The lowest BCUT2D eigenvalue weighted by molar-refractivity contribution is -0.120. The number of hydrogen-bond donors (Lipinski definition) is 2. The molecule has 1 saturated carbocycles.